The molecule has 0 aliphatic carbocycles. The van der Waals surface area contributed by atoms with Gasteiger partial charge in [-0.2, -0.15) is 0 Å². The van der Waals surface area contributed by atoms with Crippen molar-refractivity contribution in [1.29, 1.82) is 0 Å². The minimum atomic E-state index is -0.393. The summed E-state index contributed by atoms with van der Waals surface area (Å²) in [7, 11) is 0. The third-order valence-electron chi connectivity index (χ3n) is 1.80. The van der Waals surface area contributed by atoms with Gasteiger partial charge >= 0.3 is 5.97 Å². The molecular weight excluding hydrogens is 232 g/mol. The molecule has 2 rings (SSSR count). The lowest BCUT2D eigenvalue weighted by Crippen LogP contribution is -2.07. The van der Waals surface area contributed by atoms with Crippen LogP contribution in [0, 0.1) is 0 Å². The molecule has 2 aromatic rings. The van der Waals surface area contributed by atoms with E-state index in [-0.39, 0.29) is 0 Å². The Morgan fingerprint density at radius 1 is 1.20 bits per heavy atom. The van der Waals surface area contributed by atoms with E-state index in [4.69, 9.17) is 16.3 Å². The van der Waals surface area contributed by atoms with Crippen LogP contribution in [0.25, 0.3) is 0 Å². The SMILES string of the molecule is O=C(Oc1ccsc1Cl)c1ccccc1. The number of ether oxygens (including phenoxy) is 1. The van der Waals surface area contributed by atoms with Gasteiger partial charge in [-0.25, -0.2) is 4.79 Å². The van der Waals surface area contributed by atoms with Crippen molar-refractivity contribution in [3.05, 3.63) is 51.7 Å². The van der Waals surface area contributed by atoms with Gasteiger partial charge in [-0.3, -0.25) is 0 Å². The van der Waals surface area contributed by atoms with Crippen LogP contribution < -0.4 is 4.74 Å². The Morgan fingerprint density at radius 2 is 1.93 bits per heavy atom. The lowest BCUT2D eigenvalue weighted by Gasteiger charge is -2.01. The third kappa shape index (κ3) is 2.37. The fourth-order valence-electron chi connectivity index (χ4n) is 1.09. The fourth-order valence-corrected chi connectivity index (χ4v) is 1.88. The van der Waals surface area contributed by atoms with Gasteiger partial charge < -0.3 is 4.74 Å². The van der Waals surface area contributed by atoms with Gasteiger partial charge in [0.25, 0.3) is 0 Å². The van der Waals surface area contributed by atoms with Crippen molar-refractivity contribution in [1.82, 2.24) is 0 Å². The monoisotopic (exact) mass is 238 g/mol. The van der Waals surface area contributed by atoms with Crippen molar-refractivity contribution in [2.24, 2.45) is 0 Å². The van der Waals surface area contributed by atoms with Gasteiger partial charge in [0.15, 0.2) is 5.75 Å². The second kappa shape index (κ2) is 4.47. The van der Waals surface area contributed by atoms with Gasteiger partial charge in [-0.15, -0.1) is 11.3 Å². The lowest BCUT2D eigenvalue weighted by atomic mass is 10.2. The molecule has 0 amide bonds. The molecule has 0 fully saturated rings. The first-order valence-corrected chi connectivity index (χ1v) is 5.53. The first-order chi connectivity index (χ1) is 7.27. The van der Waals surface area contributed by atoms with E-state index in [2.05, 4.69) is 0 Å². The highest BCUT2D eigenvalue weighted by molar-refractivity contribution is 7.14. The van der Waals surface area contributed by atoms with Crippen LogP contribution in [0.3, 0.4) is 0 Å². The maximum absolute atomic E-state index is 11.6. The van der Waals surface area contributed by atoms with Gasteiger partial charge in [0, 0.05) is 0 Å². The molecule has 1 aromatic heterocycles. The van der Waals surface area contributed by atoms with Crippen molar-refractivity contribution in [2.75, 3.05) is 0 Å². The summed E-state index contributed by atoms with van der Waals surface area (Å²) < 4.78 is 5.60. The Labute approximate surface area is 96.1 Å². The van der Waals surface area contributed by atoms with E-state index in [0.29, 0.717) is 15.6 Å². The number of halogens is 1. The summed E-state index contributed by atoms with van der Waals surface area (Å²) in [6.45, 7) is 0. The number of hydrogen-bond donors (Lipinski definition) is 0. The molecule has 0 spiro atoms. The molecule has 0 saturated carbocycles. The molecule has 1 aromatic carbocycles. The van der Waals surface area contributed by atoms with Crippen LogP contribution >= 0.6 is 22.9 Å². The smallest absolute Gasteiger partial charge is 0.343 e. The molecule has 0 radical (unpaired) electrons. The normalized spacial score (nSPS) is 9.93. The minimum absolute atomic E-state index is 0.393. The van der Waals surface area contributed by atoms with Crippen molar-refractivity contribution >= 4 is 28.9 Å². The number of thiophene rings is 1. The molecule has 1 heterocycles. The molecule has 0 aliphatic heterocycles. The van der Waals surface area contributed by atoms with E-state index in [9.17, 15) is 4.79 Å². The molecule has 0 saturated heterocycles. The Balaban J connectivity index is 2.15. The summed E-state index contributed by atoms with van der Waals surface area (Å²) in [5.74, 6) is 0.0198. The van der Waals surface area contributed by atoms with Crippen LogP contribution in [-0.2, 0) is 0 Å². The molecule has 4 heteroatoms. The van der Waals surface area contributed by atoms with Crippen LogP contribution in [0.4, 0.5) is 0 Å². The Bertz CT molecular complexity index is 464. The Morgan fingerprint density at radius 3 is 2.53 bits per heavy atom. The molecule has 0 aliphatic rings. The summed E-state index contributed by atoms with van der Waals surface area (Å²) in [4.78, 5) is 11.6. The summed E-state index contributed by atoms with van der Waals surface area (Å²) >= 11 is 7.14. The second-order valence-corrected chi connectivity index (χ2v) is 4.33. The lowest BCUT2D eigenvalue weighted by molar-refractivity contribution is 0.0735. The number of carbonyl (C=O) groups excluding carboxylic acids is 1. The van der Waals surface area contributed by atoms with Gasteiger partial charge in [0.2, 0.25) is 0 Å². The molecule has 15 heavy (non-hydrogen) atoms. The number of benzene rings is 1. The van der Waals surface area contributed by atoms with E-state index >= 15 is 0 Å². The van der Waals surface area contributed by atoms with Crippen molar-refractivity contribution in [2.45, 2.75) is 0 Å². The van der Waals surface area contributed by atoms with Crippen molar-refractivity contribution in [3.8, 4) is 5.75 Å². The molecule has 2 nitrogen and oxygen atoms in total. The molecule has 76 valence electrons. The van der Waals surface area contributed by atoms with Gasteiger partial charge in [-0.05, 0) is 23.6 Å². The highest BCUT2D eigenvalue weighted by Gasteiger charge is 2.10. The van der Waals surface area contributed by atoms with Gasteiger partial charge in [0.1, 0.15) is 4.34 Å². The quantitative estimate of drug-likeness (QED) is 0.747. The molecule has 0 unspecified atom stereocenters. The van der Waals surface area contributed by atoms with E-state index in [0.717, 1.165) is 0 Å². The summed E-state index contributed by atoms with van der Waals surface area (Å²) in [5.41, 5.74) is 0.514. The molecule has 0 atom stereocenters. The van der Waals surface area contributed by atoms with Crippen LogP contribution in [0.15, 0.2) is 41.8 Å². The number of carbonyl (C=O) groups is 1. The predicted octanol–water partition coefficient (Wildman–Crippen LogP) is 3.62. The minimum Gasteiger partial charge on any atom is -0.420 e. The van der Waals surface area contributed by atoms with Crippen LogP contribution in [0.5, 0.6) is 5.75 Å². The van der Waals surface area contributed by atoms with Crippen molar-refractivity contribution in [3.63, 3.8) is 0 Å². The molecule has 0 N–H and O–H groups in total. The zero-order valence-corrected chi connectivity index (χ0v) is 9.22. The summed E-state index contributed by atoms with van der Waals surface area (Å²) in [6, 6.07) is 10.5. The van der Waals surface area contributed by atoms with E-state index < -0.39 is 5.97 Å². The Hall–Kier alpha value is -1.32. The highest BCUT2D eigenvalue weighted by Crippen LogP contribution is 2.30. The third-order valence-corrected chi connectivity index (χ3v) is 2.93. The largest absolute Gasteiger partial charge is 0.420 e. The van der Waals surface area contributed by atoms with Crippen LogP contribution in [0.1, 0.15) is 10.4 Å². The molecular formula is C11H7ClO2S. The average Bonchev–Trinajstić information content (AvgIpc) is 2.66. The van der Waals surface area contributed by atoms with Crippen LogP contribution in [0.2, 0.25) is 4.34 Å². The number of hydrogen-bond acceptors (Lipinski definition) is 3. The van der Waals surface area contributed by atoms with Crippen LogP contribution in [-0.4, -0.2) is 5.97 Å². The maximum atomic E-state index is 11.6. The standard InChI is InChI=1S/C11H7ClO2S/c12-10-9(6-7-15-10)14-11(13)8-4-2-1-3-5-8/h1-7H. The van der Waals surface area contributed by atoms with Crippen molar-refractivity contribution < 1.29 is 9.53 Å². The average molecular weight is 239 g/mol. The summed E-state index contributed by atoms with van der Waals surface area (Å²) in [6.07, 6.45) is 0. The number of esters is 1. The zero-order valence-electron chi connectivity index (χ0n) is 7.64. The van der Waals surface area contributed by atoms with E-state index in [1.165, 1.54) is 11.3 Å². The first kappa shape index (κ1) is 10.2. The number of rotatable bonds is 2. The maximum Gasteiger partial charge on any atom is 0.343 e. The predicted molar refractivity (Wildman–Crippen MR) is 60.7 cm³/mol. The van der Waals surface area contributed by atoms with E-state index in [1.54, 1.807) is 35.7 Å². The molecule has 0 bridgehead atoms. The Kier molecular flexibility index (Phi) is 3.04. The topological polar surface area (TPSA) is 26.3 Å². The van der Waals surface area contributed by atoms with Gasteiger partial charge in [0.05, 0.1) is 5.56 Å². The van der Waals surface area contributed by atoms with E-state index in [1.807, 2.05) is 6.07 Å². The summed E-state index contributed by atoms with van der Waals surface area (Å²) in [5, 5.41) is 1.77. The fraction of sp³-hybridized carbons (Fsp3) is 0. The first-order valence-electron chi connectivity index (χ1n) is 4.27. The highest BCUT2D eigenvalue weighted by atomic mass is 35.5. The second-order valence-electron chi connectivity index (χ2n) is 2.81. The zero-order chi connectivity index (χ0) is 10.7. The van der Waals surface area contributed by atoms with Gasteiger partial charge in [-0.1, -0.05) is 29.8 Å².